The fourth-order valence-corrected chi connectivity index (χ4v) is 3.87. The molecule has 4 aromatic rings. The molecule has 0 bridgehead atoms. The van der Waals surface area contributed by atoms with Gasteiger partial charge in [0.15, 0.2) is 0 Å². The zero-order valence-electron chi connectivity index (χ0n) is 13.3. The lowest BCUT2D eigenvalue weighted by Crippen LogP contribution is -1.93. The average molecular weight is 368 g/mol. The number of nitrogens with zero attached hydrogens (tertiary/aromatic N) is 3. The molecule has 0 spiro atoms. The Kier molecular flexibility index (Phi) is 4.11. The van der Waals surface area contributed by atoms with E-state index < -0.39 is 0 Å². The quantitative estimate of drug-likeness (QED) is 0.509. The van der Waals surface area contributed by atoms with Crippen molar-refractivity contribution in [2.45, 2.75) is 9.92 Å². The van der Waals surface area contributed by atoms with E-state index in [1.807, 2.05) is 48.0 Å². The molecular formula is C19H14ClN3OS. The molecule has 2 aromatic heterocycles. The highest BCUT2D eigenvalue weighted by molar-refractivity contribution is 7.99. The first-order chi connectivity index (χ1) is 12.1. The van der Waals surface area contributed by atoms with Gasteiger partial charge >= 0.3 is 0 Å². The van der Waals surface area contributed by atoms with Crippen LogP contribution in [0.3, 0.4) is 0 Å². The summed E-state index contributed by atoms with van der Waals surface area (Å²) in [6.07, 6.45) is 1.57. The molecule has 0 aliphatic carbocycles. The first-order valence-corrected chi connectivity index (χ1v) is 8.85. The highest BCUT2D eigenvalue weighted by atomic mass is 35.5. The maximum atomic E-state index is 9.50. The van der Waals surface area contributed by atoms with Crippen LogP contribution in [-0.2, 0) is 7.05 Å². The van der Waals surface area contributed by atoms with Crippen LogP contribution in [0.1, 0.15) is 0 Å². The minimum absolute atomic E-state index is 0.247. The van der Waals surface area contributed by atoms with E-state index in [9.17, 15) is 5.11 Å². The minimum atomic E-state index is 0.247. The number of hydrogen-bond donors (Lipinski definition) is 1. The summed E-state index contributed by atoms with van der Waals surface area (Å²) in [5.74, 6) is 0.247. The molecule has 0 saturated heterocycles. The van der Waals surface area contributed by atoms with Crippen molar-refractivity contribution in [1.82, 2.24) is 14.5 Å². The topological polar surface area (TPSA) is 50.9 Å². The molecule has 0 aliphatic rings. The van der Waals surface area contributed by atoms with Crippen LogP contribution < -0.4 is 0 Å². The van der Waals surface area contributed by atoms with Gasteiger partial charge in [0, 0.05) is 11.9 Å². The molecule has 124 valence electrons. The van der Waals surface area contributed by atoms with E-state index in [1.165, 1.54) is 11.8 Å². The van der Waals surface area contributed by atoms with Crippen LogP contribution in [0.25, 0.3) is 22.3 Å². The van der Waals surface area contributed by atoms with Gasteiger partial charge in [-0.05, 0) is 48.0 Å². The van der Waals surface area contributed by atoms with Crippen molar-refractivity contribution >= 4 is 34.4 Å². The lowest BCUT2D eigenvalue weighted by atomic mass is 10.1. The molecule has 0 radical (unpaired) electrons. The maximum absolute atomic E-state index is 9.50. The van der Waals surface area contributed by atoms with E-state index in [0.717, 1.165) is 32.2 Å². The summed E-state index contributed by atoms with van der Waals surface area (Å²) in [7, 11) is 1.97. The largest absolute Gasteiger partial charge is 0.508 e. The van der Waals surface area contributed by atoms with Crippen molar-refractivity contribution in [3.8, 4) is 17.0 Å². The summed E-state index contributed by atoms with van der Waals surface area (Å²) in [5, 5.41) is 12.0. The molecule has 0 amide bonds. The second-order valence-corrected chi connectivity index (χ2v) is 7.02. The predicted molar refractivity (Wildman–Crippen MR) is 101 cm³/mol. The molecular weight excluding hydrogens is 354 g/mol. The third-order valence-electron chi connectivity index (χ3n) is 3.99. The number of aromatic nitrogens is 3. The van der Waals surface area contributed by atoms with Crippen molar-refractivity contribution in [2.24, 2.45) is 7.05 Å². The maximum Gasteiger partial charge on any atom is 0.144 e. The second-order valence-electron chi connectivity index (χ2n) is 5.58. The van der Waals surface area contributed by atoms with Gasteiger partial charge in [0.1, 0.15) is 22.7 Å². The zero-order chi connectivity index (χ0) is 17.4. The molecule has 0 fully saturated rings. The zero-order valence-corrected chi connectivity index (χ0v) is 14.9. The van der Waals surface area contributed by atoms with E-state index in [2.05, 4.69) is 16.0 Å². The third kappa shape index (κ3) is 2.97. The molecule has 2 heterocycles. The smallest absolute Gasteiger partial charge is 0.144 e. The third-order valence-corrected chi connectivity index (χ3v) is 5.53. The van der Waals surface area contributed by atoms with Crippen LogP contribution in [0.2, 0.25) is 5.02 Å². The highest BCUT2D eigenvalue weighted by Crippen LogP contribution is 2.37. The summed E-state index contributed by atoms with van der Waals surface area (Å²) >= 11 is 7.81. The van der Waals surface area contributed by atoms with E-state index in [4.69, 9.17) is 11.6 Å². The van der Waals surface area contributed by atoms with E-state index >= 15 is 0 Å². The Balaban J connectivity index is 1.83. The second kappa shape index (κ2) is 6.43. The number of phenolic OH excluding ortho intramolecular Hbond substituents is 1. The summed E-state index contributed by atoms with van der Waals surface area (Å²) in [6.45, 7) is 0. The number of phenols is 1. The Morgan fingerprint density at radius 1 is 1.04 bits per heavy atom. The normalized spacial score (nSPS) is 11.1. The van der Waals surface area contributed by atoms with Gasteiger partial charge < -0.3 is 9.67 Å². The monoisotopic (exact) mass is 367 g/mol. The molecule has 25 heavy (non-hydrogen) atoms. The average Bonchev–Trinajstić information content (AvgIpc) is 2.96. The lowest BCUT2D eigenvalue weighted by Gasteiger charge is -2.05. The molecule has 6 heteroatoms. The Labute approximate surface area is 154 Å². The number of aromatic hydroxyl groups is 1. The molecule has 0 saturated carbocycles. The summed E-state index contributed by atoms with van der Waals surface area (Å²) < 4.78 is 2.03. The Morgan fingerprint density at radius 3 is 2.56 bits per heavy atom. The van der Waals surface area contributed by atoms with Gasteiger partial charge in [-0.25, -0.2) is 9.97 Å². The Bertz CT molecular complexity index is 1060. The number of aryl methyl sites for hydroxylation is 1. The number of halogens is 1. The summed E-state index contributed by atoms with van der Waals surface area (Å²) in [5.41, 5.74) is 2.87. The SMILES string of the molecule is Cn1c(-c2ccc(O)cc2)cc2c(Sc3ccccc3Cl)ncnc21. The van der Waals surface area contributed by atoms with Crippen LogP contribution in [0.15, 0.2) is 70.8 Å². The number of fused-ring (bicyclic) bond motifs is 1. The Hall–Kier alpha value is -2.50. The van der Waals surface area contributed by atoms with Gasteiger partial charge in [-0.15, -0.1) is 0 Å². The summed E-state index contributed by atoms with van der Waals surface area (Å²) in [6, 6.07) is 16.9. The van der Waals surface area contributed by atoms with Crippen molar-refractivity contribution < 1.29 is 5.11 Å². The number of rotatable bonds is 3. The standard InChI is InChI=1S/C19H14ClN3OS/c1-23-16(12-6-8-13(24)9-7-12)10-14-18(23)21-11-22-19(14)25-17-5-3-2-4-15(17)20/h2-11,24H,1H3. The fraction of sp³-hybridized carbons (Fsp3) is 0.0526. The molecule has 2 aromatic carbocycles. The van der Waals surface area contributed by atoms with Gasteiger partial charge in [0.05, 0.1) is 16.1 Å². The number of hydrogen-bond acceptors (Lipinski definition) is 4. The van der Waals surface area contributed by atoms with Crippen LogP contribution in [-0.4, -0.2) is 19.6 Å². The van der Waals surface area contributed by atoms with Gasteiger partial charge in [0.25, 0.3) is 0 Å². The lowest BCUT2D eigenvalue weighted by molar-refractivity contribution is 0.475. The van der Waals surface area contributed by atoms with E-state index in [0.29, 0.717) is 5.02 Å². The van der Waals surface area contributed by atoms with Gasteiger partial charge in [-0.1, -0.05) is 35.5 Å². The van der Waals surface area contributed by atoms with Crippen LogP contribution >= 0.6 is 23.4 Å². The highest BCUT2D eigenvalue weighted by Gasteiger charge is 2.14. The van der Waals surface area contributed by atoms with Gasteiger partial charge in [-0.2, -0.15) is 0 Å². The van der Waals surface area contributed by atoms with Crippen molar-refractivity contribution in [2.75, 3.05) is 0 Å². The van der Waals surface area contributed by atoms with Crippen molar-refractivity contribution in [1.29, 1.82) is 0 Å². The fourth-order valence-electron chi connectivity index (χ4n) is 2.73. The first-order valence-electron chi connectivity index (χ1n) is 7.65. The molecule has 0 atom stereocenters. The van der Waals surface area contributed by atoms with E-state index in [1.54, 1.807) is 18.5 Å². The molecule has 1 N–H and O–H groups in total. The van der Waals surface area contributed by atoms with Crippen LogP contribution in [0, 0.1) is 0 Å². The van der Waals surface area contributed by atoms with E-state index in [-0.39, 0.29) is 5.75 Å². The predicted octanol–water partition coefficient (Wildman–Crippen LogP) is 5.15. The van der Waals surface area contributed by atoms with Crippen LogP contribution in [0.4, 0.5) is 0 Å². The molecule has 4 rings (SSSR count). The minimum Gasteiger partial charge on any atom is -0.508 e. The Morgan fingerprint density at radius 2 is 1.80 bits per heavy atom. The molecule has 4 nitrogen and oxygen atoms in total. The van der Waals surface area contributed by atoms with Gasteiger partial charge in [-0.3, -0.25) is 0 Å². The van der Waals surface area contributed by atoms with Crippen molar-refractivity contribution in [3.05, 3.63) is 65.9 Å². The van der Waals surface area contributed by atoms with Crippen molar-refractivity contribution in [3.63, 3.8) is 0 Å². The first kappa shape index (κ1) is 16.0. The molecule has 0 unspecified atom stereocenters. The molecule has 0 aliphatic heterocycles. The summed E-state index contributed by atoms with van der Waals surface area (Å²) in [4.78, 5) is 9.83. The van der Waals surface area contributed by atoms with Gasteiger partial charge in [0.2, 0.25) is 0 Å². The number of benzene rings is 2. The van der Waals surface area contributed by atoms with Crippen LogP contribution in [0.5, 0.6) is 5.75 Å².